The Kier molecular flexibility index (Phi) is 4.32. The van der Waals surface area contributed by atoms with Crippen LogP contribution in [-0.2, 0) is 4.79 Å². The molecule has 1 aliphatic rings. The molecular formula is C17H16ClNO3. The molecule has 22 heavy (non-hydrogen) atoms. The predicted molar refractivity (Wildman–Crippen MR) is 83.8 cm³/mol. The Morgan fingerprint density at radius 1 is 1.27 bits per heavy atom. The number of ether oxygens (including phenoxy) is 1. The summed E-state index contributed by atoms with van der Waals surface area (Å²) in [5.41, 5.74) is 1.64. The molecule has 0 fully saturated rings. The predicted octanol–water partition coefficient (Wildman–Crippen LogP) is 3.01. The molecule has 5 heteroatoms. The molecule has 4 nitrogen and oxygen atoms in total. The molecule has 2 atom stereocenters. The molecule has 2 aromatic carbocycles. The summed E-state index contributed by atoms with van der Waals surface area (Å²) in [6.45, 7) is 0.419. The minimum absolute atomic E-state index is 0.000297. The van der Waals surface area contributed by atoms with Gasteiger partial charge in [-0.3, -0.25) is 4.79 Å². The quantitative estimate of drug-likeness (QED) is 0.911. The van der Waals surface area contributed by atoms with E-state index in [1.54, 1.807) is 24.3 Å². The number of rotatable bonds is 4. The summed E-state index contributed by atoms with van der Waals surface area (Å²) in [7, 11) is 0. The number of hydrogen-bond donors (Lipinski definition) is 2. The maximum atomic E-state index is 12.1. The molecule has 0 aromatic heterocycles. The average molecular weight is 318 g/mol. The van der Waals surface area contributed by atoms with Gasteiger partial charge in [0.05, 0.1) is 18.6 Å². The van der Waals surface area contributed by atoms with E-state index in [1.165, 1.54) is 0 Å². The second-order valence-electron chi connectivity index (χ2n) is 5.24. The molecule has 0 aliphatic carbocycles. The highest BCUT2D eigenvalue weighted by atomic mass is 35.5. The van der Waals surface area contributed by atoms with Crippen LogP contribution in [0.3, 0.4) is 0 Å². The number of fused-ring (bicyclic) bond motifs is 1. The minimum atomic E-state index is -0.852. The molecule has 0 spiro atoms. The van der Waals surface area contributed by atoms with Crippen LogP contribution in [0.25, 0.3) is 0 Å². The number of carbonyl (C=O) groups is 1. The zero-order valence-corrected chi connectivity index (χ0v) is 12.6. The molecule has 1 amide bonds. The van der Waals surface area contributed by atoms with Gasteiger partial charge >= 0.3 is 0 Å². The van der Waals surface area contributed by atoms with Crippen LogP contribution in [0.2, 0.25) is 5.02 Å². The van der Waals surface area contributed by atoms with Gasteiger partial charge in [-0.25, -0.2) is 0 Å². The fourth-order valence-corrected chi connectivity index (χ4v) is 2.64. The lowest BCUT2D eigenvalue weighted by Gasteiger charge is -2.15. The number of para-hydroxylation sites is 1. The molecule has 2 unspecified atom stereocenters. The van der Waals surface area contributed by atoms with E-state index >= 15 is 0 Å². The highest BCUT2D eigenvalue weighted by Gasteiger charge is 2.25. The Bertz CT molecular complexity index is 672. The standard InChI is InChI=1S/C17H16ClNO3/c18-12-7-5-11(6-8-12)15(20)9-17(21)19-14-10-22-16-4-2-1-3-13(14)16/h1-8,14-15,20H,9-10H2,(H,19,21). The first-order chi connectivity index (χ1) is 10.6. The van der Waals surface area contributed by atoms with Crippen molar-refractivity contribution >= 4 is 17.5 Å². The van der Waals surface area contributed by atoms with Crippen LogP contribution in [0, 0.1) is 0 Å². The topological polar surface area (TPSA) is 58.6 Å². The van der Waals surface area contributed by atoms with Crippen molar-refractivity contribution in [2.24, 2.45) is 0 Å². The highest BCUT2D eigenvalue weighted by molar-refractivity contribution is 6.30. The van der Waals surface area contributed by atoms with Gasteiger partial charge in [0.1, 0.15) is 12.4 Å². The molecule has 0 bridgehead atoms. The van der Waals surface area contributed by atoms with Crippen molar-refractivity contribution in [3.8, 4) is 5.75 Å². The molecule has 0 radical (unpaired) electrons. The summed E-state index contributed by atoms with van der Waals surface area (Å²) in [6.07, 6.45) is -0.852. The van der Waals surface area contributed by atoms with Gasteiger partial charge in [0.2, 0.25) is 5.91 Å². The summed E-state index contributed by atoms with van der Waals surface area (Å²) in [5.74, 6) is 0.582. The first kappa shape index (κ1) is 14.9. The third-order valence-corrected chi connectivity index (χ3v) is 3.92. The number of nitrogens with one attached hydrogen (secondary N) is 1. The Balaban J connectivity index is 1.60. The normalized spacial score (nSPS) is 17.5. The van der Waals surface area contributed by atoms with E-state index in [4.69, 9.17) is 16.3 Å². The van der Waals surface area contributed by atoms with Gasteiger partial charge in [0, 0.05) is 10.6 Å². The van der Waals surface area contributed by atoms with Gasteiger partial charge in [-0.15, -0.1) is 0 Å². The Hall–Kier alpha value is -2.04. The highest BCUT2D eigenvalue weighted by Crippen LogP contribution is 2.31. The van der Waals surface area contributed by atoms with Gasteiger partial charge in [0.25, 0.3) is 0 Å². The van der Waals surface area contributed by atoms with E-state index in [1.807, 2.05) is 24.3 Å². The maximum absolute atomic E-state index is 12.1. The Morgan fingerprint density at radius 3 is 2.77 bits per heavy atom. The molecule has 114 valence electrons. The summed E-state index contributed by atoms with van der Waals surface area (Å²) < 4.78 is 5.52. The molecule has 1 aliphatic heterocycles. The van der Waals surface area contributed by atoms with Crippen LogP contribution >= 0.6 is 11.6 Å². The van der Waals surface area contributed by atoms with Crippen LogP contribution in [0.1, 0.15) is 29.7 Å². The van der Waals surface area contributed by atoms with Crippen molar-refractivity contribution < 1.29 is 14.6 Å². The zero-order valence-electron chi connectivity index (χ0n) is 11.8. The second kappa shape index (κ2) is 6.38. The van der Waals surface area contributed by atoms with Crippen LogP contribution in [-0.4, -0.2) is 17.6 Å². The molecule has 1 heterocycles. The molecule has 2 N–H and O–H groups in total. The minimum Gasteiger partial charge on any atom is -0.491 e. The fraction of sp³-hybridized carbons (Fsp3) is 0.235. The van der Waals surface area contributed by atoms with E-state index in [0.717, 1.165) is 11.3 Å². The molecule has 2 aromatic rings. The Morgan fingerprint density at radius 2 is 2.00 bits per heavy atom. The SMILES string of the molecule is O=C(CC(O)c1ccc(Cl)cc1)NC1COc2ccccc21. The molecule has 3 rings (SSSR count). The summed E-state index contributed by atoms with van der Waals surface area (Å²) in [5, 5.41) is 13.6. The largest absolute Gasteiger partial charge is 0.491 e. The number of benzene rings is 2. The molecule has 0 saturated heterocycles. The number of carbonyl (C=O) groups excluding carboxylic acids is 1. The lowest BCUT2D eigenvalue weighted by molar-refractivity contribution is -0.123. The number of amides is 1. The van der Waals surface area contributed by atoms with Crippen LogP contribution < -0.4 is 10.1 Å². The van der Waals surface area contributed by atoms with Crippen LogP contribution in [0.4, 0.5) is 0 Å². The fourth-order valence-electron chi connectivity index (χ4n) is 2.51. The first-order valence-electron chi connectivity index (χ1n) is 7.08. The van der Waals surface area contributed by atoms with E-state index in [2.05, 4.69) is 5.32 Å². The van der Waals surface area contributed by atoms with Gasteiger partial charge in [0.15, 0.2) is 0 Å². The summed E-state index contributed by atoms with van der Waals surface area (Å²) >= 11 is 5.81. The molecular weight excluding hydrogens is 302 g/mol. The average Bonchev–Trinajstić information content (AvgIpc) is 2.91. The maximum Gasteiger partial charge on any atom is 0.223 e. The first-order valence-corrected chi connectivity index (χ1v) is 7.46. The van der Waals surface area contributed by atoms with Crippen LogP contribution in [0.15, 0.2) is 48.5 Å². The van der Waals surface area contributed by atoms with E-state index in [0.29, 0.717) is 17.2 Å². The monoisotopic (exact) mass is 317 g/mol. The van der Waals surface area contributed by atoms with Crippen LogP contribution in [0.5, 0.6) is 5.75 Å². The lowest BCUT2D eigenvalue weighted by atomic mass is 10.1. The third-order valence-electron chi connectivity index (χ3n) is 3.67. The summed E-state index contributed by atoms with van der Waals surface area (Å²) in [6, 6.07) is 14.3. The number of halogens is 1. The molecule has 0 saturated carbocycles. The van der Waals surface area contributed by atoms with E-state index in [-0.39, 0.29) is 18.4 Å². The Labute approximate surface area is 133 Å². The van der Waals surface area contributed by atoms with Gasteiger partial charge in [-0.05, 0) is 23.8 Å². The lowest BCUT2D eigenvalue weighted by Crippen LogP contribution is -2.30. The zero-order chi connectivity index (χ0) is 15.5. The van der Waals surface area contributed by atoms with Crippen molar-refractivity contribution in [3.05, 3.63) is 64.7 Å². The third kappa shape index (κ3) is 3.24. The van der Waals surface area contributed by atoms with Gasteiger partial charge < -0.3 is 15.2 Å². The smallest absolute Gasteiger partial charge is 0.223 e. The van der Waals surface area contributed by atoms with Crippen molar-refractivity contribution in [3.63, 3.8) is 0 Å². The van der Waals surface area contributed by atoms with Crippen molar-refractivity contribution in [1.82, 2.24) is 5.32 Å². The van der Waals surface area contributed by atoms with E-state index < -0.39 is 6.10 Å². The summed E-state index contributed by atoms with van der Waals surface area (Å²) in [4.78, 5) is 12.1. The van der Waals surface area contributed by atoms with Gasteiger partial charge in [-0.1, -0.05) is 41.9 Å². The number of hydrogen-bond acceptors (Lipinski definition) is 3. The van der Waals surface area contributed by atoms with Crippen molar-refractivity contribution in [2.45, 2.75) is 18.6 Å². The number of aliphatic hydroxyl groups is 1. The second-order valence-corrected chi connectivity index (χ2v) is 5.68. The van der Waals surface area contributed by atoms with Gasteiger partial charge in [-0.2, -0.15) is 0 Å². The van der Waals surface area contributed by atoms with Crippen molar-refractivity contribution in [1.29, 1.82) is 0 Å². The van der Waals surface area contributed by atoms with E-state index in [9.17, 15) is 9.90 Å². The van der Waals surface area contributed by atoms with Crippen molar-refractivity contribution in [2.75, 3.05) is 6.61 Å². The number of aliphatic hydroxyl groups excluding tert-OH is 1.